The topological polar surface area (TPSA) is 58.4 Å². The van der Waals surface area contributed by atoms with Gasteiger partial charge in [0.15, 0.2) is 0 Å². The van der Waals surface area contributed by atoms with Crippen molar-refractivity contribution < 1.29 is 4.79 Å². The summed E-state index contributed by atoms with van der Waals surface area (Å²) in [5, 5.41) is 3.01. The van der Waals surface area contributed by atoms with Crippen molar-refractivity contribution in [3.63, 3.8) is 0 Å². The van der Waals surface area contributed by atoms with Gasteiger partial charge >= 0.3 is 0 Å². The Hall–Kier alpha value is 0.0300. The van der Waals surface area contributed by atoms with Crippen molar-refractivity contribution in [2.24, 2.45) is 11.7 Å². The fraction of sp³-hybridized carbons (Fsp3) is 0.933. The molecule has 1 saturated heterocycles. The van der Waals surface area contributed by atoms with Crippen LogP contribution in [0.1, 0.15) is 38.5 Å². The number of thioether (sulfide) groups is 1. The van der Waals surface area contributed by atoms with Crippen LogP contribution in [0.2, 0.25) is 0 Å². The number of nitrogens with two attached hydrogens (primary N) is 1. The Morgan fingerprint density at radius 3 is 2.57 bits per heavy atom. The van der Waals surface area contributed by atoms with Gasteiger partial charge in [0, 0.05) is 37.7 Å². The van der Waals surface area contributed by atoms with Gasteiger partial charge in [-0.1, -0.05) is 32.1 Å². The van der Waals surface area contributed by atoms with Gasteiger partial charge in [-0.15, -0.1) is 12.4 Å². The Kier molecular flexibility index (Phi) is 9.73. The van der Waals surface area contributed by atoms with E-state index in [1.807, 2.05) is 11.8 Å². The smallest absolute Gasteiger partial charge is 0.236 e. The number of carbonyl (C=O) groups is 1. The maximum Gasteiger partial charge on any atom is 0.236 e. The molecular weight excluding hydrogens is 306 g/mol. The Balaban J connectivity index is 0.00000220. The maximum atomic E-state index is 12.0. The second-order valence-corrected chi connectivity index (χ2v) is 7.32. The number of rotatable bonds is 6. The summed E-state index contributed by atoms with van der Waals surface area (Å²) in [6.07, 6.45) is 7.36. The molecule has 0 aromatic carbocycles. The first-order chi connectivity index (χ1) is 9.75. The SMILES string of the molecule is Cl.NC(CC1CCCCC1)C(=O)NCCN1CCSCC1. The molecular formula is C15H30ClN3OS. The lowest BCUT2D eigenvalue weighted by Gasteiger charge is -2.27. The van der Waals surface area contributed by atoms with E-state index in [4.69, 9.17) is 5.73 Å². The van der Waals surface area contributed by atoms with Crippen LogP contribution in [0.4, 0.5) is 0 Å². The second-order valence-electron chi connectivity index (χ2n) is 6.09. The quantitative estimate of drug-likeness (QED) is 0.778. The van der Waals surface area contributed by atoms with E-state index < -0.39 is 0 Å². The molecule has 21 heavy (non-hydrogen) atoms. The number of hydrogen-bond acceptors (Lipinski definition) is 4. The fourth-order valence-corrected chi connectivity index (χ4v) is 4.16. The summed E-state index contributed by atoms with van der Waals surface area (Å²) in [6.45, 7) is 3.99. The Bertz CT molecular complexity index is 295. The van der Waals surface area contributed by atoms with Crippen molar-refractivity contribution in [2.75, 3.05) is 37.7 Å². The van der Waals surface area contributed by atoms with Crippen molar-refractivity contribution in [1.29, 1.82) is 0 Å². The molecule has 0 aromatic rings. The lowest BCUT2D eigenvalue weighted by Crippen LogP contribution is -2.45. The van der Waals surface area contributed by atoms with Crippen LogP contribution >= 0.6 is 24.2 Å². The summed E-state index contributed by atoms with van der Waals surface area (Å²) in [4.78, 5) is 14.4. The number of nitrogens with one attached hydrogen (secondary N) is 1. The van der Waals surface area contributed by atoms with Gasteiger partial charge in [-0.25, -0.2) is 0 Å². The normalized spacial score (nSPS) is 22.3. The Morgan fingerprint density at radius 2 is 1.90 bits per heavy atom. The molecule has 0 radical (unpaired) electrons. The van der Waals surface area contributed by atoms with Gasteiger partial charge in [0.05, 0.1) is 6.04 Å². The number of halogens is 1. The fourth-order valence-electron chi connectivity index (χ4n) is 3.18. The number of carbonyl (C=O) groups excluding carboxylic acids is 1. The van der Waals surface area contributed by atoms with Gasteiger partial charge in [-0.3, -0.25) is 9.69 Å². The predicted molar refractivity (Wildman–Crippen MR) is 93.2 cm³/mol. The summed E-state index contributed by atoms with van der Waals surface area (Å²) in [6, 6.07) is -0.310. The minimum absolute atomic E-state index is 0. The average molecular weight is 336 g/mol. The van der Waals surface area contributed by atoms with Crippen molar-refractivity contribution in [2.45, 2.75) is 44.6 Å². The van der Waals surface area contributed by atoms with E-state index in [0.29, 0.717) is 5.92 Å². The second kappa shape index (κ2) is 10.7. The molecule has 1 aliphatic heterocycles. The van der Waals surface area contributed by atoms with Crippen molar-refractivity contribution in [3.8, 4) is 0 Å². The largest absolute Gasteiger partial charge is 0.353 e. The molecule has 1 saturated carbocycles. The van der Waals surface area contributed by atoms with Gasteiger partial charge in [0.25, 0.3) is 0 Å². The zero-order chi connectivity index (χ0) is 14.2. The molecule has 1 heterocycles. The standard InChI is InChI=1S/C15H29N3OS.ClH/c16-14(12-13-4-2-1-3-5-13)15(19)17-6-7-18-8-10-20-11-9-18;/h13-14H,1-12,16H2,(H,17,19);1H. The van der Waals surface area contributed by atoms with Crippen LogP contribution in [0.15, 0.2) is 0 Å². The van der Waals surface area contributed by atoms with Gasteiger partial charge in [0.2, 0.25) is 5.91 Å². The van der Waals surface area contributed by atoms with E-state index in [2.05, 4.69) is 10.2 Å². The molecule has 4 nitrogen and oxygen atoms in total. The van der Waals surface area contributed by atoms with Crippen LogP contribution in [0, 0.1) is 5.92 Å². The number of hydrogen-bond donors (Lipinski definition) is 2. The summed E-state index contributed by atoms with van der Waals surface area (Å²) < 4.78 is 0. The molecule has 2 rings (SSSR count). The highest BCUT2D eigenvalue weighted by atomic mass is 35.5. The molecule has 3 N–H and O–H groups in total. The van der Waals surface area contributed by atoms with Crippen molar-refractivity contribution in [3.05, 3.63) is 0 Å². The molecule has 2 fully saturated rings. The summed E-state index contributed by atoms with van der Waals surface area (Å²) in [7, 11) is 0. The molecule has 6 heteroatoms. The summed E-state index contributed by atoms with van der Waals surface area (Å²) in [5.74, 6) is 3.15. The summed E-state index contributed by atoms with van der Waals surface area (Å²) >= 11 is 2.01. The zero-order valence-electron chi connectivity index (χ0n) is 12.9. The van der Waals surface area contributed by atoms with Crippen LogP contribution in [0.5, 0.6) is 0 Å². The van der Waals surface area contributed by atoms with E-state index in [1.54, 1.807) is 0 Å². The molecule has 1 aliphatic carbocycles. The van der Waals surface area contributed by atoms with E-state index in [-0.39, 0.29) is 24.4 Å². The third kappa shape index (κ3) is 7.22. The molecule has 2 aliphatic rings. The first-order valence-corrected chi connectivity index (χ1v) is 9.24. The molecule has 1 atom stereocenters. The van der Waals surface area contributed by atoms with E-state index in [9.17, 15) is 4.79 Å². The molecule has 0 spiro atoms. The van der Waals surface area contributed by atoms with Crippen LogP contribution < -0.4 is 11.1 Å². The number of amides is 1. The van der Waals surface area contributed by atoms with E-state index in [1.165, 1.54) is 43.6 Å². The highest BCUT2D eigenvalue weighted by Crippen LogP contribution is 2.26. The van der Waals surface area contributed by atoms with Gasteiger partial charge < -0.3 is 11.1 Å². The van der Waals surface area contributed by atoms with Crippen molar-refractivity contribution in [1.82, 2.24) is 10.2 Å². The Labute approximate surface area is 139 Å². The average Bonchev–Trinajstić information content (AvgIpc) is 2.49. The van der Waals surface area contributed by atoms with Crippen molar-refractivity contribution >= 4 is 30.1 Å². The molecule has 0 aromatic heterocycles. The summed E-state index contributed by atoms with van der Waals surface area (Å²) in [5.41, 5.74) is 6.04. The minimum atomic E-state index is -0.310. The molecule has 1 amide bonds. The van der Waals surface area contributed by atoms with Crippen LogP contribution in [0.3, 0.4) is 0 Å². The third-order valence-electron chi connectivity index (χ3n) is 4.48. The Morgan fingerprint density at radius 1 is 1.24 bits per heavy atom. The van der Waals surface area contributed by atoms with Gasteiger partial charge in [-0.05, 0) is 12.3 Å². The van der Waals surface area contributed by atoms with Crippen LogP contribution in [0.25, 0.3) is 0 Å². The van der Waals surface area contributed by atoms with Crippen LogP contribution in [-0.4, -0.2) is 54.5 Å². The van der Waals surface area contributed by atoms with E-state index >= 15 is 0 Å². The van der Waals surface area contributed by atoms with E-state index in [0.717, 1.165) is 32.6 Å². The predicted octanol–water partition coefficient (Wildman–Crippen LogP) is 1.87. The maximum absolute atomic E-state index is 12.0. The monoisotopic (exact) mass is 335 g/mol. The molecule has 0 bridgehead atoms. The minimum Gasteiger partial charge on any atom is -0.353 e. The molecule has 124 valence electrons. The van der Waals surface area contributed by atoms with Gasteiger partial charge in [0.1, 0.15) is 0 Å². The first-order valence-electron chi connectivity index (χ1n) is 8.09. The third-order valence-corrected chi connectivity index (χ3v) is 5.42. The lowest BCUT2D eigenvalue weighted by atomic mass is 9.85. The highest BCUT2D eigenvalue weighted by Gasteiger charge is 2.21. The molecule has 1 unspecified atom stereocenters. The van der Waals surface area contributed by atoms with Crippen LogP contribution in [-0.2, 0) is 4.79 Å². The first kappa shape index (κ1) is 19.1. The lowest BCUT2D eigenvalue weighted by molar-refractivity contribution is -0.122. The zero-order valence-corrected chi connectivity index (χ0v) is 14.5. The number of nitrogens with zero attached hydrogens (tertiary/aromatic N) is 1. The highest BCUT2D eigenvalue weighted by molar-refractivity contribution is 7.99. The van der Waals surface area contributed by atoms with Gasteiger partial charge in [-0.2, -0.15) is 11.8 Å².